The molecule has 0 bridgehead atoms. The summed E-state index contributed by atoms with van der Waals surface area (Å²) in [6.07, 6.45) is 1.29. The van der Waals surface area contributed by atoms with Crippen molar-refractivity contribution in [1.82, 2.24) is 20.0 Å². The molecule has 0 saturated carbocycles. The van der Waals surface area contributed by atoms with Gasteiger partial charge in [0.25, 0.3) is 0 Å². The van der Waals surface area contributed by atoms with E-state index in [2.05, 4.69) is 48.0 Å². The van der Waals surface area contributed by atoms with Crippen LogP contribution in [-0.4, -0.2) is 86.7 Å². The second kappa shape index (κ2) is 7.02. The van der Waals surface area contributed by atoms with Gasteiger partial charge in [-0.3, -0.25) is 4.90 Å². The van der Waals surface area contributed by atoms with E-state index in [9.17, 15) is 0 Å². The van der Waals surface area contributed by atoms with Crippen molar-refractivity contribution in [3.8, 4) is 0 Å². The molecule has 0 aromatic heterocycles. The van der Waals surface area contributed by atoms with E-state index >= 15 is 0 Å². The van der Waals surface area contributed by atoms with E-state index in [4.69, 9.17) is 0 Å². The van der Waals surface area contributed by atoms with Gasteiger partial charge in [0.05, 0.1) is 0 Å². The Labute approximate surface area is 119 Å². The highest BCUT2D eigenvalue weighted by molar-refractivity contribution is 4.86. The summed E-state index contributed by atoms with van der Waals surface area (Å²) in [4.78, 5) is 7.50. The number of hydrogen-bond donors (Lipinski definition) is 1. The lowest BCUT2D eigenvalue weighted by molar-refractivity contribution is 0.114. The van der Waals surface area contributed by atoms with E-state index in [0.29, 0.717) is 6.04 Å². The largest absolute Gasteiger partial charge is 0.312 e. The van der Waals surface area contributed by atoms with E-state index in [1.54, 1.807) is 0 Å². The van der Waals surface area contributed by atoms with Crippen molar-refractivity contribution in [2.75, 3.05) is 59.9 Å². The quantitative estimate of drug-likeness (QED) is 0.804. The van der Waals surface area contributed by atoms with Crippen LogP contribution < -0.4 is 5.32 Å². The highest BCUT2D eigenvalue weighted by atomic mass is 15.3. The lowest BCUT2D eigenvalue weighted by Gasteiger charge is -2.40. The third kappa shape index (κ3) is 4.42. The van der Waals surface area contributed by atoms with E-state index in [1.807, 2.05) is 0 Å². The topological polar surface area (TPSA) is 21.8 Å². The number of nitrogens with one attached hydrogen (secondary N) is 1. The smallest absolute Gasteiger partial charge is 0.0120 e. The number of piperidine rings is 1. The molecule has 0 radical (unpaired) electrons. The Bertz CT molecular complexity index is 263. The molecule has 2 saturated heterocycles. The molecule has 0 aromatic rings. The van der Waals surface area contributed by atoms with Crippen LogP contribution in [0.2, 0.25) is 0 Å². The molecule has 19 heavy (non-hydrogen) atoms. The molecule has 0 amide bonds. The van der Waals surface area contributed by atoms with Crippen LogP contribution in [0.15, 0.2) is 0 Å². The average Bonchev–Trinajstić information content (AvgIpc) is 2.38. The van der Waals surface area contributed by atoms with Gasteiger partial charge in [0, 0.05) is 57.9 Å². The normalized spacial score (nSPS) is 35.7. The number of rotatable bonds is 4. The van der Waals surface area contributed by atoms with Crippen molar-refractivity contribution in [2.45, 2.75) is 32.4 Å². The first-order valence-electron chi connectivity index (χ1n) is 7.90. The third-order valence-corrected chi connectivity index (χ3v) is 5.04. The Hall–Kier alpha value is -0.160. The van der Waals surface area contributed by atoms with Gasteiger partial charge in [0.2, 0.25) is 0 Å². The fraction of sp³-hybridized carbons (Fsp3) is 1.00. The summed E-state index contributed by atoms with van der Waals surface area (Å²) < 4.78 is 0. The minimum Gasteiger partial charge on any atom is -0.312 e. The zero-order valence-corrected chi connectivity index (χ0v) is 13.2. The lowest BCUT2D eigenvalue weighted by atomic mass is 9.90. The van der Waals surface area contributed by atoms with Crippen LogP contribution in [-0.2, 0) is 0 Å². The minimum atomic E-state index is 0.707. The molecule has 2 aliphatic rings. The monoisotopic (exact) mass is 268 g/mol. The van der Waals surface area contributed by atoms with E-state index in [-0.39, 0.29) is 0 Å². The minimum absolute atomic E-state index is 0.707. The predicted octanol–water partition coefficient (Wildman–Crippen LogP) is 0.552. The van der Waals surface area contributed by atoms with Gasteiger partial charge in [-0.25, -0.2) is 0 Å². The molecule has 3 unspecified atom stereocenters. The summed E-state index contributed by atoms with van der Waals surface area (Å²) in [6.45, 7) is 13.2. The van der Waals surface area contributed by atoms with Gasteiger partial charge in [-0.2, -0.15) is 0 Å². The zero-order valence-electron chi connectivity index (χ0n) is 13.2. The van der Waals surface area contributed by atoms with Gasteiger partial charge in [0.15, 0.2) is 0 Å². The molecule has 2 fully saturated rings. The highest BCUT2D eigenvalue weighted by Crippen LogP contribution is 2.20. The standard InChI is InChI=1S/C15H32N4/c1-13-12-18(4)14(2)11-15(13)16-5-6-19-9-7-17(3)8-10-19/h13-16H,5-12H2,1-4H3. The van der Waals surface area contributed by atoms with E-state index in [1.165, 1.54) is 45.7 Å². The Morgan fingerprint density at radius 1 is 1.05 bits per heavy atom. The van der Waals surface area contributed by atoms with Gasteiger partial charge in [-0.1, -0.05) is 6.92 Å². The maximum absolute atomic E-state index is 3.80. The molecule has 2 heterocycles. The zero-order chi connectivity index (χ0) is 13.8. The fourth-order valence-electron chi connectivity index (χ4n) is 3.31. The van der Waals surface area contributed by atoms with Gasteiger partial charge >= 0.3 is 0 Å². The summed E-state index contributed by atoms with van der Waals surface area (Å²) >= 11 is 0. The van der Waals surface area contributed by atoms with E-state index in [0.717, 1.165) is 18.5 Å². The van der Waals surface area contributed by atoms with Gasteiger partial charge in [-0.15, -0.1) is 0 Å². The van der Waals surface area contributed by atoms with Crippen molar-refractivity contribution in [1.29, 1.82) is 0 Å². The maximum atomic E-state index is 3.80. The first-order chi connectivity index (χ1) is 9.06. The van der Waals surface area contributed by atoms with Crippen LogP contribution in [0.1, 0.15) is 20.3 Å². The number of likely N-dealkylation sites (tertiary alicyclic amines) is 1. The van der Waals surface area contributed by atoms with Crippen LogP contribution in [0.3, 0.4) is 0 Å². The van der Waals surface area contributed by atoms with Crippen molar-refractivity contribution < 1.29 is 0 Å². The van der Waals surface area contributed by atoms with Crippen molar-refractivity contribution in [3.63, 3.8) is 0 Å². The SMILES string of the molecule is CC1CN(C)C(C)CC1NCCN1CCN(C)CC1. The number of piperazine rings is 1. The Morgan fingerprint density at radius 2 is 1.74 bits per heavy atom. The molecular formula is C15H32N4. The van der Waals surface area contributed by atoms with Crippen LogP contribution in [0, 0.1) is 5.92 Å². The summed E-state index contributed by atoms with van der Waals surface area (Å²) in [5, 5.41) is 3.80. The van der Waals surface area contributed by atoms with Crippen LogP contribution in [0.4, 0.5) is 0 Å². The van der Waals surface area contributed by atoms with Crippen LogP contribution >= 0.6 is 0 Å². The summed E-state index contributed by atoms with van der Waals surface area (Å²) in [6, 6.07) is 1.43. The van der Waals surface area contributed by atoms with Gasteiger partial charge in [-0.05, 0) is 33.4 Å². The van der Waals surface area contributed by atoms with Crippen LogP contribution in [0.25, 0.3) is 0 Å². The lowest BCUT2D eigenvalue weighted by Crippen LogP contribution is -2.53. The number of hydrogen-bond acceptors (Lipinski definition) is 4. The summed E-state index contributed by atoms with van der Waals surface area (Å²) in [7, 11) is 4.47. The van der Waals surface area contributed by atoms with Crippen molar-refractivity contribution >= 4 is 0 Å². The summed E-state index contributed by atoms with van der Waals surface area (Å²) in [5.74, 6) is 0.772. The van der Waals surface area contributed by atoms with Crippen LogP contribution in [0.5, 0.6) is 0 Å². The van der Waals surface area contributed by atoms with E-state index < -0.39 is 0 Å². The van der Waals surface area contributed by atoms with Crippen molar-refractivity contribution in [3.05, 3.63) is 0 Å². The molecule has 1 N–H and O–H groups in total. The Kier molecular flexibility index (Phi) is 5.63. The molecule has 0 aliphatic carbocycles. The average molecular weight is 268 g/mol. The second-order valence-corrected chi connectivity index (χ2v) is 6.71. The molecular weight excluding hydrogens is 236 g/mol. The predicted molar refractivity (Wildman–Crippen MR) is 81.6 cm³/mol. The molecule has 2 rings (SSSR count). The molecule has 0 aromatic carbocycles. The highest BCUT2D eigenvalue weighted by Gasteiger charge is 2.28. The number of likely N-dealkylation sites (N-methyl/N-ethyl adjacent to an activating group) is 1. The Balaban J connectivity index is 1.65. The number of nitrogens with zero attached hydrogens (tertiary/aromatic N) is 3. The van der Waals surface area contributed by atoms with Gasteiger partial charge in [0.1, 0.15) is 0 Å². The second-order valence-electron chi connectivity index (χ2n) is 6.71. The first kappa shape index (κ1) is 15.2. The van der Waals surface area contributed by atoms with Crippen molar-refractivity contribution in [2.24, 2.45) is 5.92 Å². The molecule has 4 nitrogen and oxygen atoms in total. The molecule has 2 aliphatic heterocycles. The molecule has 112 valence electrons. The molecule has 0 spiro atoms. The molecule has 4 heteroatoms. The fourth-order valence-corrected chi connectivity index (χ4v) is 3.31. The maximum Gasteiger partial charge on any atom is 0.0120 e. The first-order valence-corrected chi connectivity index (χ1v) is 7.90. The third-order valence-electron chi connectivity index (χ3n) is 5.04. The molecule has 3 atom stereocenters. The van der Waals surface area contributed by atoms with Gasteiger partial charge < -0.3 is 15.1 Å². The summed E-state index contributed by atoms with van der Waals surface area (Å²) in [5.41, 5.74) is 0. The Morgan fingerprint density at radius 3 is 2.42 bits per heavy atom.